The summed E-state index contributed by atoms with van der Waals surface area (Å²) in [6, 6.07) is 4.83. The van der Waals surface area contributed by atoms with E-state index in [4.69, 9.17) is 11.2 Å². The Morgan fingerprint density at radius 1 is 1.18 bits per heavy atom. The van der Waals surface area contributed by atoms with Crippen LogP contribution in [-0.2, 0) is 24.3 Å². The highest BCUT2D eigenvalue weighted by atomic mass is 32.2. The summed E-state index contributed by atoms with van der Waals surface area (Å²) in [6.45, 7) is 4.85. The minimum absolute atomic E-state index is 0.000537. The highest BCUT2D eigenvalue weighted by molar-refractivity contribution is 7.89. The number of morpholine rings is 1. The molecule has 1 aromatic rings. The molecule has 0 saturated carbocycles. The topological polar surface area (TPSA) is 134 Å². The number of hydrogen-bond acceptors (Lipinski definition) is 6. The van der Waals surface area contributed by atoms with Gasteiger partial charge in [0, 0.05) is 31.6 Å². The van der Waals surface area contributed by atoms with Crippen LogP contribution in [0.3, 0.4) is 0 Å². The Kier molecular flexibility index (Phi) is 9.84. The molecule has 0 spiro atoms. The van der Waals surface area contributed by atoms with Crippen molar-refractivity contribution < 1.29 is 27.5 Å². The molecule has 2 rings (SSSR count). The smallest absolute Gasteiger partial charge is 0.251 e. The second-order valence-corrected chi connectivity index (χ2v) is 9.70. The third-order valence-corrected chi connectivity index (χ3v) is 6.87. The van der Waals surface area contributed by atoms with Crippen LogP contribution >= 0.6 is 0 Å². The van der Waals surface area contributed by atoms with Crippen LogP contribution in [0.15, 0.2) is 29.2 Å². The number of sulfonamides is 1. The maximum absolute atomic E-state index is 12.9. The van der Waals surface area contributed by atoms with Crippen LogP contribution in [-0.4, -0.2) is 75.9 Å². The fraction of sp³-hybridized carbons (Fsp3) is 0.500. The fourth-order valence-corrected chi connectivity index (χ4v) is 4.59. The minimum Gasteiger partial charge on any atom is -0.379 e. The summed E-state index contributed by atoms with van der Waals surface area (Å²) < 4.78 is 32.3. The van der Waals surface area contributed by atoms with Gasteiger partial charge in [0.1, 0.15) is 6.04 Å². The van der Waals surface area contributed by atoms with Crippen molar-refractivity contribution in [3.05, 3.63) is 29.8 Å². The highest BCUT2D eigenvalue weighted by Crippen LogP contribution is 2.18. The van der Waals surface area contributed by atoms with Gasteiger partial charge in [-0.05, 0) is 24.1 Å². The van der Waals surface area contributed by atoms with E-state index in [1.165, 1.54) is 28.6 Å². The molecule has 11 heteroatoms. The number of nitrogens with zero attached hydrogens (tertiary/aromatic N) is 1. The number of ether oxygens (including phenoxy) is 1. The molecule has 0 bridgehead atoms. The number of nitrogens with one attached hydrogen (secondary N) is 3. The van der Waals surface area contributed by atoms with Crippen molar-refractivity contribution in [3.8, 4) is 12.3 Å². The second-order valence-electron chi connectivity index (χ2n) is 7.76. The Labute approximate surface area is 194 Å². The van der Waals surface area contributed by atoms with E-state index in [1.54, 1.807) is 13.8 Å². The molecule has 3 N–H and O–H groups in total. The van der Waals surface area contributed by atoms with Gasteiger partial charge in [0.2, 0.25) is 21.8 Å². The molecule has 33 heavy (non-hydrogen) atoms. The van der Waals surface area contributed by atoms with Crippen LogP contribution in [0.4, 0.5) is 0 Å². The van der Waals surface area contributed by atoms with Crippen LogP contribution < -0.4 is 16.0 Å². The van der Waals surface area contributed by atoms with E-state index in [2.05, 4.69) is 21.9 Å². The SMILES string of the molecule is C#CCNC(=O)CCNC(=O)C(NC(=O)c1cccc(S(=O)(=O)N2CCOCC2)c1)C(C)C. The van der Waals surface area contributed by atoms with Gasteiger partial charge in [-0.3, -0.25) is 14.4 Å². The monoisotopic (exact) mass is 478 g/mol. The number of carbonyl (C=O) groups excluding carboxylic acids is 3. The summed E-state index contributed by atoms with van der Waals surface area (Å²) >= 11 is 0. The van der Waals surface area contributed by atoms with Crippen molar-refractivity contribution in [2.45, 2.75) is 31.2 Å². The van der Waals surface area contributed by atoms with E-state index in [1.807, 2.05) is 0 Å². The van der Waals surface area contributed by atoms with Gasteiger partial charge in [-0.25, -0.2) is 8.42 Å². The minimum atomic E-state index is -3.76. The molecule has 1 unspecified atom stereocenters. The molecular weight excluding hydrogens is 448 g/mol. The quantitative estimate of drug-likeness (QED) is 0.396. The molecule has 10 nitrogen and oxygen atoms in total. The van der Waals surface area contributed by atoms with Gasteiger partial charge in [-0.15, -0.1) is 6.42 Å². The number of rotatable bonds is 10. The lowest BCUT2D eigenvalue weighted by Gasteiger charge is -2.26. The van der Waals surface area contributed by atoms with Gasteiger partial charge < -0.3 is 20.7 Å². The standard InChI is InChI=1S/C22H30N4O6S/c1-4-9-23-19(27)8-10-24-22(29)20(16(2)3)25-21(28)17-6-5-7-18(15-17)33(30,31)26-11-13-32-14-12-26/h1,5-7,15-16,20H,8-14H2,2-3H3,(H,23,27)(H,24,29)(H,25,28). The summed E-state index contributed by atoms with van der Waals surface area (Å²) in [7, 11) is -3.76. The van der Waals surface area contributed by atoms with Gasteiger partial charge in [0.15, 0.2) is 0 Å². The Balaban J connectivity index is 2.04. The summed E-state index contributed by atoms with van der Waals surface area (Å²) in [6.07, 6.45) is 5.13. The second kappa shape index (κ2) is 12.3. The molecule has 1 saturated heterocycles. The molecule has 1 aliphatic heterocycles. The maximum atomic E-state index is 12.9. The molecule has 1 heterocycles. The Morgan fingerprint density at radius 2 is 1.88 bits per heavy atom. The van der Waals surface area contributed by atoms with Crippen molar-refractivity contribution in [1.82, 2.24) is 20.3 Å². The number of hydrogen-bond donors (Lipinski definition) is 3. The number of terminal acetylenes is 1. The molecule has 0 aromatic heterocycles. The number of benzene rings is 1. The normalized spacial score (nSPS) is 15.3. The van der Waals surface area contributed by atoms with E-state index >= 15 is 0 Å². The maximum Gasteiger partial charge on any atom is 0.251 e. The fourth-order valence-electron chi connectivity index (χ4n) is 3.14. The van der Waals surface area contributed by atoms with Crippen molar-refractivity contribution in [1.29, 1.82) is 0 Å². The van der Waals surface area contributed by atoms with Crippen molar-refractivity contribution in [2.24, 2.45) is 5.92 Å². The average Bonchev–Trinajstić information content (AvgIpc) is 2.81. The third kappa shape index (κ3) is 7.56. The Hall–Kier alpha value is -2.94. The van der Waals surface area contributed by atoms with Gasteiger partial charge in [-0.2, -0.15) is 4.31 Å². The molecule has 0 radical (unpaired) electrons. The van der Waals surface area contributed by atoms with Gasteiger partial charge in [0.25, 0.3) is 5.91 Å². The summed E-state index contributed by atoms with van der Waals surface area (Å²) in [4.78, 5) is 37.0. The molecule has 1 aromatic carbocycles. The molecular formula is C22H30N4O6S. The first-order valence-corrected chi connectivity index (χ1v) is 12.1. The van der Waals surface area contributed by atoms with Crippen LogP contribution in [0, 0.1) is 18.3 Å². The third-order valence-electron chi connectivity index (χ3n) is 4.98. The lowest BCUT2D eigenvalue weighted by Crippen LogP contribution is -2.50. The first kappa shape index (κ1) is 26.3. The van der Waals surface area contributed by atoms with Crippen molar-refractivity contribution >= 4 is 27.7 Å². The summed E-state index contributed by atoms with van der Waals surface area (Å²) in [5.41, 5.74) is 0.122. The molecule has 0 aliphatic carbocycles. The largest absolute Gasteiger partial charge is 0.379 e. The van der Waals surface area contributed by atoms with Gasteiger partial charge in [0.05, 0.1) is 24.7 Å². The Morgan fingerprint density at radius 3 is 2.52 bits per heavy atom. The van der Waals surface area contributed by atoms with E-state index in [0.29, 0.717) is 13.2 Å². The molecule has 180 valence electrons. The van der Waals surface area contributed by atoms with E-state index in [0.717, 1.165) is 0 Å². The lowest BCUT2D eigenvalue weighted by molar-refractivity contribution is -0.124. The van der Waals surface area contributed by atoms with Crippen LogP contribution in [0.2, 0.25) is 0 Å². The van der Waals surface area contributed by atoms with Gasteiger partial charge in [-0.1, -0.05) is 25.8 Å². The Bertz CT molecular complexity index is 996. The summed E-state index contributed by atoms with van der Waals surface area (Å²) in [5, 5.41) is 7.78. The molecule has 3 amide bonds. The zero-order valence-corrected chi connectivity index (χ0v) is 19.6. The first-order chi connectivity index (χ1) is 15.7. The molecule has 1 atom stereocenters. The van der Waals surface area contributed by atoms with Crippen molar-refractivity contribution in [3.63, 3.8) is 0 Å². The lowest BCUT2D eigenvalue weighted by atomic mass is 10.0. The zero-order chi connectivity index (χ0) is 24.4. The van der Waals surface area contributed by atoms with Crippen LogP contribution in [0.1, 0.15) is 30.6 Å². The predicted molar refractivity (Wildman–Crippen MR) is 122 cm³/mol. The van der Waals surface area contributed by atoms with E-state index in [9.17, 15) is 22.8 Å². The number of carbonyl (C=O) groups is 3. The highest BCUT2D eigenvalue weighted by Gasteiger charge is 2.28. The zero-order valence-electron chi connectivity index (χ0n) is 18.8. The molecule has 1 fully saturated rings. The molecule has 1 aliphatic rings. The van der Waals surface area contributed by atoms with E-state index in [-0.39, 0.29) is 54.9 Å². The van der Waals surface area contributed by atoms with Gasteiger partial charge >= 0.3 is 0 Å². The van der Waals surface area contributed by atoms with Crippen LogP contribution in [0.5, 0.6) is 0 Å². The van der Waals surface area contributed by atoms with Crippen molar-refractivity contribution in [2.75, 3.05) is 39.4 Å². The van der Waals surface area contributed by atoms with Crippen LogP contribution in [0.25, 0.3) is 0 Å². The average molecular weight is 479 g/mol. The predicted octanol–water partition coefficient (Wildman–Crippen LogP) is -0.282. The summed E-state index contributed by atoms with van der Waals surface area (Å²) in [5.74, 6) is 0.728. The first-order valence-electron chi connectivity index (χ1n) is 10.6. The van der Waals surface area contributed by atoms with E-state index < -0.39 is 27.9 Å². The number of amides is 3.